The smallest absolute Gasteiger partial charge is 0.410 e. The molecular weight excluding hydrogens is 274 g/mol. The fourth-order valence-electron chi connectivity index (χ4n) is 2.55. The highest BCUT2D eigenvalue weighted by molar-refractivity contribution is 5.75. The van der Waals surface area contributed by atoms with Gasteiger partial charge in [0.1, 0.15) is 5.60 Å². The number of aryl methyl sites for hydroxylation is 1. The summed E-state index contributed by atoms with van der Waals surface area (Å²) in [5.74, 6) is -1.83. The predicted octanol–water partition coefficient (Wildman–Crippen LogP) is 1.46. The monoisotopic (exact) mass is 295 g/mol. The van der Waals surface area contributed by atoms with Crippen molar-refractivity contribution in [1.82, 2.24) is 14.5 Å². The van der Waals surface area contributed by atoms with Crippen LogP contribution in [0.4, 0.5) is 4.79 Å². The topological polar surface area (TPSA) is 84.7 Å². The van der Waals surface area contributed by atoms with E-state index in [1.165, 1.54) is 4.90 Å². The Balaban J connectivity index is 2.18. The van der Waals surface area contributed by atoms with Gasteiger partial charge in [0.25, 0.3) is 0 Å². The molecule has 1 aromatic heterocycles. The van der Waals surface area contributed by atoms with Crippen LogP contribution in [0.25, 0.3) is 0 Å². The lowest BCUT2D eigenvalue weighted by Crippen LogP contribution is -2.35. The summed E-state index contributed by atoms with van der Waals surface area (Å²) >= 11 is 0. The molecule has 21 heavy (non-hydrogen) atoms. The Hall–Kier alpha value is -2.05. The molecule has 0 aliphatic carbocycles. The van der Waals surface area contributed by atoms with E-state index in [-0.39, 0.29) is 12.5 Å². The van der Waals surface area contributed by atoms with E-state index in [1.807, 2.05) is 7.05 Å². The highest BCUT2D eigenvalue weighted by Crippen LogP contribution is 2.33. The molecule has 0 radical (unpaired) electrons. The number of likely N-dealkylation sites (tertiary alicyclic amines) is 1. The number of hydrogen-bond donors (Lipinski definition) is 1. The van der Waals surface area contributed by atoms with Gasteiger partial charge in [0.05, 0.1) is 12.2 Å². The van der Waals surface area contributed by atoms with Gasteiger partial charge in [-0.2, -0.15) is 0 Å². The Morgan fingerprint density at radius 2 is 2.05 bits per heavy atom. The molecule has 1 fully saturated rings. The van der Waals surface area contributed by atoms with Gasteiger partial charge >= 0.3 is 12.1 Å². The van der Waals surface area contributed by atoms with E-state index in [4.69, 9.17) is 4.74 Å². The number of ether oxygens (including phenoxy) is 1. The lowest BCUT2D eigenvalue weighted by molar-refractivity contribution is -0.141. The maximum absolute atomic E-state index is 12.1. The number of amides is 1. The second kappa shape index (κ2) is 5.38. The van der Waals surface area contributed by atoms with Gasteiger partial charge in [0.15, 0.2) is 0 Å². The molecule has 0 bridgehead atoms. The van der Waals surface area contributed by atoms with Crippen LogP contribution in [0.1, 0.15) is 32.4 Å². The normalized spacial score (nSPS) is 22.4. The molecule has 1 amide bonds. The number of rotatable bonds is 2. The van der Waals surface area contributed by atoms with E-state index in [1.54, 1.807) is 37.9 Å². The van der Waals surface area contributed by atoms with Gasteiger partial charge in [0.2, 0.25) is 0 Å². The number of hydrogen-bond acceptors (Lipinski definition) is 4. The molecule has 116 valence electrons. The minimum atomic E-state index is -0.910. The Morgan fingerprint density at radius 3 is 2.52 bits per heavy atom. The molecule has 2 atom stereocenters. The molecule has 7 heteroatoms. The van der Waals surface area contributed by atoms with Crippen LogP contribution < -0.4 is 0 Å². The number of carbonyl (C=O) groups is 2. The summed E-state index contributed by atoms with van der Waals surface area (Å²) in [5, 5.41) is 9.40. The van der Waals surface area contributed by atoms with Gasteiger partial charge in [-0.25, -0.2) is 9.78 Å². The molecule has 1 aliphatic rings. The Kier molecular flexibility index (Phi) is 3.93. The molecule has 0 saturated carbocycles. The number of carbonyl (C=O) groups excluding carboxylic acids is 1. The van der Waals surface area contributed by atoms with Crippen LogP contribution in [-0.2, 0) is 16.6 Å². The van der Waals surface area contributed by atoms with E-state index in [2.05, 4.69) is 4.98 Å². The largest absolute Gasteiger partial charge is 0.481 e. The number of aromatic nitrogens is 2. The lowest BCUT2D eigenvalue weighted by atomic mass is 9.93. The molecule has 2 heterocycles. The summed E-state index contributed by atoms with van der Waals surface area (Å²) in [5.41, 5.74) is 0.217. The van der Waals surface area contributed by atoms with E-state index < -0.39 is 23.6 Å². The van der Waals surface area contributed by atoms with Crippen molar-refractivity contribution >= 4 is 12.1 Å². The van der Waals surface area contributed by atoms with Crippen molar-refractivity contribution in [1.29, 1.82) is 0 Å². The van der Waals surface area contributed by atoms with Crippen LogP contribution in [0.3, 0.4) is 0 Å². The highest BCUT2D eigenvalue weighted by atomic mass is 16.6. The molecule has 0 aromatic carbocycles. The zero-order valence-corrected chi connectivity index (χ0v) is 12.7. The fraction of sp³-hybridized carbons (Fsp3) is 0.643. The van der Waals surface area contributed by atoms with Crippen LogP contribution >= 0.6 is 0 Å². The summed E-state index contributed by atoms with van der Waals surface area (Å²) < 4.78 is 7.11. The van der Waals surface area contributed by atoms with Gasteiger partial charge in [-0.15, -0.1) is 0 Å². The van der Waals surface area contributed by atoms with Gasteiger partial charge in [0, 0.05) is 37.9 Å². The molecule has 1 aliphatic heterocycles. The first-order valence-corrected chi connectivity index (χ1v) is 6.86. The van der Waals surface area contributed by atoms with Crippen LogP contribution in [0, 0.1) is 5.92 Å². The highest BCUT2D eigenvalue weighted by Gasteiger charge is 2.42. The van der Waals surface area contributed by atoms with Crippen LogP contribution in [-0.4, -0.2) is 50.3 Å². The standard InChI is InChI=1S/C14H21N3O4/c1-14(2,3)21-13(20)17-6-9(10(7-17)12(18)19)11-5-15-8-16(11)4/h5,8-10H,6-7H2,1-4H3,(H,18,19)/t9-,10-/m1/s1. The third kappa shape index (κ3) is 3.34. The van der Waals surface area contributed by atoms with Crippen molar-refractivity contribution in [3.05, 3.63) is 18.2 Å². The van der Waals surface area contributed by atoms with Crippen molar-refractivity contribution in [2.45, 2.75) is 32.3 Å². The summed E-state index contributed by atoms with van der Waals surface area (Å²) in [6.07, 6.45) is 2.81. The fourth-order valence-corrected chi connectivity index (χ4v) is 2.55. The third-order valence-corrected chi connectivity index (χ3v) is 3.52. The Labute approximate surface area is 123 Å². The molecule has 0 unspecified atom stereocenters. The summed E-state index contributed by atoms with van der Waals surface area (Å²) in [6, 6.07) is 0. The van der Waals surface area contributed by atoms with Crippen LogP contribution in [0.15, 0.2) is 12.5 Å². The summed E-state index contributed by atoms with van der Waals surface area (Å²) in [4.78, 5) is 29.1. The minimum absolute atomic E-state index is 0.153. The second-order valence-electron chi connectivity index (χ2n) is 6.37. The Bertz CT molecular complexity index is 547. The quantitative estimate of drug-likeness (QED) is 0.892. The first-order valence-electron chi connectivity index (χ1n) is 6.86. The molecule has 1 saturated heterocycles. The first kappa shape index (κ1) is 15.3. The van der Waals surface area contributed by atoms with E-state index >= 15 is 0 Å². The van der Waals surface area contributed by atoms with Crippen molar-refractivity contribution < 1.29 is 19.4 Å². The van der Waals surface area contributed by atoms with E-state index in [9.17, 15) is 14.7 Å². The van der Waals surface area contributed by atoms with Crippen molar-refractivity contribution in [2.24, 2.45) is 13.0 Å². The van der Waals surface area contributed by atoms with E-state index in [0.29, 0.717) is 6.54 Å². The molecule has 1 N–H and O–H groups in total. The average molecular weight is 295 g/mol. The summed E-state index contributed by atoms with van der Waals surface area (Å²) in [7, 11) is 1.82. The second-order valence-corrected chi connectivity index (χ2v) is 6.37. The van der Waals surface area contributed by atoms with Crippen molar-refractivity contribution in [2.75, 3.05) is 13.1 Å². The maximum atomic E-state index is 12.1. The third-order valence-electron chi connectivity index (χ3n) is 3.52. The van der Waals surface area contributed by atoms with Crippen LogP contribution in [0.5, 0.6) is 0 Å². The Morgan fingerprint density at radius 1 is 1.38 bits per heavy atom. The number of aliphatic carboxylic acids is 1. The first-order chi connectivity index (χ1) is 9.69. The lowest BCUT2D eigenvalue weighted by Gasteiger charge is -2.24. The molecule has 1 aromatic rings. The molecule has 2 rings (SSSR count). The molecule has 7 nitrogen and oxygen atoms in total. The molecular formula is C14H21N3O4. The number of carboxylic acid groups (broad SMARTS) is 1. The molecule has 0 spiro atoms. The number of imidazole rings is 1. The van der Waals surface area contributed by atoms with Crippen LogP contribution in [0.2, 0.25) is 0 Å². The zero-order chi connectivity index (χ0) is 15.8. The van der Waals surface area contributed by atoms with Gasteiger partial charge in [-0.05, 0) is 20.8 Å². The average Bonchev–Trinajstić information content (AvgIpc) is 2.91. The van der Waals surface area contributed by atoms with Gasteiger partial charge in [-0.3, -0.25) is 4.79 Å². The summed E-state index contributed by atoms with van der Waals surface area (Å²) in [6.45, 7) is 5.84. The predicted molar refractivity (Wildman–Crippen MR) is 74.9 cm³/mol. The van der Waals surface area contributed by atoms with Gasteiger partial charge in [-0.1, -0.05) is 0 Å². The van der Waals surface area contributed by atoms with Gasteiger partial charge < -0.3 is 19.3 Å². The van der Waals surface area contributed by atoms with Crippen molar-refractivity contribution in [3.63, 3.8) is 0 Å². The SMILES string of the molecule is Cn1cncc1[C@@H]1CN(C(=O)OC(C)(C)C)C[C@H]1C(=O)O. The van der Waals surface area contributed by atoms with Crippen molar-refractivity contribution in [3.8, 4) is 0 Å². The minimum Gasteiger partial charge on any atom is -0.481 e. The number of carboxylic acids is 1. The zero-order valence-electron chi connectivity index (χ0n) is 12.7. The van der Waals surface area contributed by atoms with E-state index in [0.717, 1.165) is 5.69 Å². The number of nitrogens with zero attached hydrogens (tertiary/aromatic N) is 3. The maximum Gasteiger partial charge on any atom is 0.410 e.